The van der Waals surface area contributed by atoms with E-state index >= 15 is 0 Å². The second-order valence-corrected chi connectivity index (χ2v) is 4.19. The van der Waals surface area contributed by atoms with Crippen molar-refractivity contribution in [2.45, 2.75) is 26.1 Å². The molecular weight excluding hydrogens is 261 g/mol. The molecule has 7 heteroatoms. The van der Waals surface area contributed by atoms with Gasteiger partial charge in [0.2, 0.25) is 6.41 Å². The van der Waals surface area contributed by atoms with Crippen LogP contribution in [0.15, 0.2) is 18.2 Å². The van der Waals surface area contributed by atoms with Crippen LogP contribution in [0.2, 0.25) is 0 Å². The first-order valence-corrected chi connectivity index (χ1v) is 5.47. The molecule has 0 aliphatic carbocycles. The standard InChI is InChI=1S/C12H13F3N2O2/c1-7(2)17-11(19)8-3-9(12(13,14)15)5-10(4-8)16-6-18/h3-7H,1-2H3,(H,16,18)(H,17,19). The Balaban J connectivity index is 3.20. The van der Waals surface area contributed by atoms with Crippen LogP contribution >= 0.6 is 0 Å². The summed E-state index contributed by atoms with van der Waals surface area (Å²) in [4.78, 5) is 22.0. The minimum Gasteiger partial charge on any atom is -0.350 e. The summed E-state index contributed by atoms with van der Waals surface area (Å²) in [6.07, 6.45) is -4.34. The van der Waals surface area contributed by atoms with E-state index < -0.39 is 17.6 Å². The first-order valence-electron chi connectivity index (χ1n) is 5.47. The zero-order chi connectivity index (χ0) is 14.6. The van der Waals surface area contributed by atoms with Gasteiger partial charge in [0.15, 0.2) is 0 Å². The molecule has 0 atom stereocenters. The molecule has 0 saturated carbocycles. The summed E-state index contributed by atoms with van der Waals surface area (Å²) >= 11 is 0. The predicted octanol–water partition coefficient (Wildman–Crippen LogP) is 2.41. The first-order chi connectivity index (χ1) is 8.74. The van der Waals surface area contributed by atoms with Crippen LogP contribution in [-0.2, 0) is 11.0 Å². The summed E-state index contributed by atoms with van der Waals surface area (Å²) in [5.74, 6) is -0.630. The van der Waals surface area contributed by atoms with E-state index in [1.807, 2.05) is 0 Å². The van der Waals surface area contributed by atoms with Crippen molar-refractivity contribution in [1.82, 2.24) is 5.32 Å². The lowest BCUT2D eigenvalue weighted by atomic mass is 10.1. The van der Waals surface area contributed by atoms with Crippen LogP contribution in [0.4, 0.5) is 18.9 Å². The third-order valence-corrected chi connectivity index (χ3v) is 2.17. The summed E-state index contributed by atoms with van der Waals surface area (Å²) in [7, 11) is 0. The number of amides is 2. The molecule has 1 aromatic carbocycles. The highest BCUT2D eigenvalue weighted by molar-refractivity contribution is 5.96. The van der Waals surface area contributed by atoms with Gasteiger partial charge in [-0.3, -0.25) is 9.59 Å². The zero-order valence-electron chi connectivity index (χ0n) is 10.3. The van der Waals surface area contributed by atoms with Gasteiger partial charge in [0.1, 0.15) is 0 Å². The maximum atomic E-state index is 12.7. The average Bonchev–Trinajstić information content (AvgIpc) is 2.27. The lowest BCUT2D eigenvalue weighted by Gasteiger charge is -2.13. The summed E-state index contributed by atoms with van der Waals surface area (Å²) in [6.45, 7) is 3.38. The van der Waals surface area contributed by atoms with E-state index in [4.69, 9.17) is 0 Å². The Kier molecular flexibility index (Phi) is 4.52. The quantitative estimate of drug-likeness (QED) is 0.828. The molecule has 1 aromatic rings. The minimum atomic E-state index is -4.59. The molecule has 0 aliphatic rings. The summed E-state index contributed by atoms with van der Waals surface area (Å²) in [6, 6.07) is 2.49. The first kappa shape index (κ1) is 15.0. The van der Waals surface area contributed by atoms with E-state index in [2.05, 4.69) is 10.6 Å². The molecule has 19 heavy (non-hydrogen) atoms. The minimum absolute atomic E-state index is 0.0845. The predicted molar refractivity (Wildman–Crippen MR) is 63.7 cm³/mol. The fourth-order valence-electron chi connectivity index (χ4n) is 1.42. The fourth-order valence-corrected chi connectivity index (χ4v) is 1.42. The molecule has 0 bridgehead atoms. The van der Waals surface area contributed by atoms with Crippen LogP contribution in [0.25, 0.3) is 0 Å². The lowest BCUT2D eigenvalue weighted by molar-refractivity contribution is -0.137. The molecule has 4 nitrogen and oxygen atoms in total. The molecule has 0 saturated heterocycles. The Morgan fingerprint density at radius 2 is 1.89 bits per heavy atom. The molecule has 0 heterocycles. The molecule has 0 radical (unpaired) electrons. The SMILES string of the molecule is CC(C)NC(=O)c1cc(NC=O)cc(C(F)(F)F)c1. The van der Waals surface area contributed by atoms with E-state index in [0.29, 0.717) is 0 Å². The number of carbonyl (C=O) groups excluding carboxylic acids is 2. The molecule has 0 aliphatic heterocycles. The second-order valence-electron chi connectivity index (χ2n) is 4.19. The second kappa shape index (κ2) is 5.73. The van der Waals surface area contributed by atoms with Crippen molar-refractivity contribution in [2.24, 2.45) is 0 Å². The largest absolute Gasteiger partial charge is 0.416 e. The number of alkyl halides is 3. The Hall–Kier alpha value is -2.05. The van der Waals surface area contributed by atoms with Crippen molar-refractivity contribution in [1.29, 1.82) is 0 Å². The van der Waals surface area contributed by atoms with Crippen molar-refractivity contribution in [3.63, 3.8) is 0 Å². The van der Waals surface area contributed by atoms with Crippen molar-refractivity contribution in [2.75, 3.05) is 5.32 Å². The van der Waals surface area contributed by atoms with Gasteiger partial charge in [0.25, 0.3) is 5.91 Å². The molecule has 104 valence electrons. The summed E-state index contributed by atoms with van der Waals surface area (Å²) < 4.78 is 38.0. The molecule has 2 amide bonds. The van der Waals surface area contributed by atoms with Crippen LogP contribution in [0.1, 0.15) is 29.8 Å². The van der Waals surface area contributed by atoms with E-state index in [9.17, 15) is 22.8 Å². The van der Waals surface area contributed by atoms with Gasteiger partial charge in [0.05, 0.1) is 5.56 Å². The van der Waals surface area contributed by atoms with Crippen molar-refractivity contribution < 1.29 is 22.8 Å². The number of hydrogen-bond donors (Lipinski definition) is 2. The van der Waals surface area contributed by atoms with E-state index in [1.165, 1.54) is 6.07 Å². The van der Waals surface area contributed by atoms with Gasteiger partial charge in [-0.1, -0.05) is 0 Å². The van der Waals surface area contributed by atoms with Gasteiger partial charge >= 0.3 is 6.18 Å². The number of halogens is 3. The third-order valence-electron chi connectivity index (χ3n) is 2.17. The third kappa shape index (κ3) is 4.27. The van der Waals surface area contributed by atoms with Crippen LogP contribution in [0.3, 0.4) is 0 Å². The maximum absolute atomic E-state index is 12.7. The molecule has 2 N–H and O–H groups in total. The summed E-state index contributed by atoms with van der Waals surface area (Å²) in [5.41, 5.74) is -1.24. The van der Waals surface area contributed by atoms with Crippen molar-refractivity contribution in [3.8, 4) is 0 Å². The normalized spacial score (nSPS) is 11.3. The molecule has 0 unspecified atom stereocenters. The van der Waals surface area contributed by atoms with E-state index in [-0.39, 0.29) is 23.7 Å². The Morgan fingerprint density at radius 1 is 1.26 bits per heavy atom. The number of rotatable bonds is 4. The smallest absolute Gasteiger partial charge is 0.350 e. The van der Waals surface area contributed by atoms with Gasteiger partial charge in [0, 0.05) is 17.3 Å². The van der Waals surface area contributed by atoms with Crippen molar-refractivity contribution in [3.05, 3.63) is 29.3 Å². The maximum Gasteiger partial charge on any atom is 0.416 e. The highest BCUT2D eigenvalue weighted by atomic mass is 19.4. The highest BCUT2D eigenvalue weighted by Crippen LogP contribution is 2.31. The van der Waals surface area contributed by atoms with Crippen LogP contribution < -0.4 is 10.6 Å². The number of nitrogens with one attached hydrogen (secondary N) is 2. The highest BCUT2D eigenvalue weighted by Gasteiger charge is 2.31. The van der Waals surface area contributed by atoms with Crippen LogP contribution in [0, 0.1) is 0 Å². The number of hydrogen-bond acceptors (Lipinski definition) is 2. The van der Waals surface area contributed by atoms with Gasteiger partial charge in [-0.15, -0.1) is 0 Å². The lowest BCUT2D eigenvalue weighted by Crippen LogP contribution is -2.30. The zero-order valence-corrected chi connectivity index (χ0v) is 10.3. The Labute approximate surface area is 108 Å². The van der Waals surface area contributed by atoms with Crippen LogP contribution in [0.5, 0.6) is 0 Å². The number of carbonyl (C=O) groups is 2. The van der Waals surface area contributed by atoms with Crippen molar-refractivity contribution >= 4 is 18.0 Å². The average molecular weight is 274 g/mol. The molecule has 0 fully saturated rings. The molecular formula is C12H13F3N2O2. The van der Waals surface area contributed by atoms with E-state index in [1.54, 1.807) is 13.8 Å². The van der Waals surface area contributed by atoms with Gasteiger partial charge < -0.3 is 10.6 Å². The molecule has 0 spiro atoms. The van der Waals surface area contributed by atoms with Gasteiger partial charge in [-0.2, -0.15) is 13.2 Å². The van der Waals surface area contributed by atoms with Gasteiger partial charge in [-0.05, 0) is 32.0 Å². The Bertz CT molecular complexity index is 484. The topological polar surface area (TPSA) is 58.2 Å². The van der Waals surface area contributed by atoms with E-state index in [0.717, 1.165) is 12.1 Å². The Morgan fingerprint density at radius 3 is 2.37 bits per heavy atom. The molecule has 1 rings (SSSR count). The van der Waals surface area contributed by atoms with Gasteiger partial charge in [-0.25, -0.2) is 0 Å². The number of anilines is 1. The fraction of sp³-hybridized carbons (Fsp3) is 0.333. The summed E-state index contributed by atoms with van der Waals surface area (Å²) in [5, 5.41) is 4.59. The monoisotopic (exact) mass is 274 g/mol. The van der Waals surface area contributed by atoms with Crippen LogP contribution in [-0.4, -0.2) is 18.4 Å². The molecule has 0 aromatic heterocycles. The number of benzene rings is 1.